The minimum Gasteiger partial charge on any atom is -0.256 e. The van der Waals surface area contributed by atoms with Crippen LogP contribution in [0.15, 0.2) is 77.4 Å². The first-order chi connectivity index (χ1) is 13.5. The lowest BCUT2D eigenvalue weighted by atomic mass is 9.81. The van der Waals surface area contributed by atoms with Crippen LogP contribution in [0.1, 0.15) is 25.0 Å². The van der Waals surface area contributed by atoms with Crippen LogP contribution in [0.5, 0.6) is 0 Å². The predicted octanol–water partition coefficient (Wildman–Crippen LogP) is 7.61. The highest BCUT2D eigenvalue weighted by atomic mass is 79.9. The van der Waals surface area contributed by atoms with Crippen molar-refractivity contribution in [3.8, 4) is 11.1 Å². The van der Waals surface area contributed by atoms with Crippen molar-refractivity contribution >= 4 is 48.4 Å². The zero-order chi connectivity index (χ0) is 19.0. The molecule has 0 bridgehead atoms. The molecule has 134 valence electrons. The largest absolute Gasteiger partial charge is 0.256 e. The Labute approximate surface area is 172 Å². The summed E-state index contributed by atoms with van der Waals surface area (Å²) in [7, 11) is 0. The zero-order valence-corrected chi connectivity index (χ0v) is 17.3. The fraction of sp³-hybridized carbons (Fsp3) is 0.115. The average molecular weight is 424 g/mol. The molecule has 1 nitrogen and oxygen atoms in total. The van der Waals surface area contributed by atoms with Crippen LogP contribution in [0, 0.1) is 0 Å². The highest BCUT2D eigenvalue weighted by Crippen LogP contribution is 2.50. The fourth-order valence-corrected chi connectivity index (χ4v) is 5.32. The third-order valence-corrected chi connectivity index (χ3v) is 6.74. The van der Waals surface area contributed by atoms with Gasteiger partial charge in [0.05, 0.1) is 5.52 Å². The van der Waals surface area contributed by atoms with Gasteiger partial charge in [-0.3, -0.25) is 4.98 Å². The van der Waals surface area contributed by atoms with E-state index in [1.54, 1.807) is 0 Å². The van der Waals surface area contributed by atoms with E-state index in [1.807, 2.05) is 12.3 Å². The van der Waals surface area contributed by atoms with Crippen molar-refractivity contribution in [2.24, 2.45) is 0 Å². The van der Waals surface area contributed by atoms with Gasteiger partial charge >= 0.3 is 0 Å². The summed E-state index contributed by atoms with van der Waals surface area (Å²) in [5.41, 5.74) is 6.37. The van der Waals surface area contributed by atoms with E-state index in [1.165, 1.54) is 49.2 Å². The van der Waals surface area contributed by atoms with Gasteiger partial charge in [-0.2, -0.15) is 0 Å². The van der Waals surface area contributed by atoms with Crippen LogP contribution in [0.4, 0.5) is 0 Å². The second-order valence-electron chi connectivity index (χ2n) is 8.27. The van der Waals surface area contributed by atoms with Crippen LogP contribution in [0.3, 0.4) is 0 Å². The fourth-order valence-electron chi connectivity index (χ4n) is 4.85. The summed E-state index contributed by atoms with van der Waals surface area (Å²) in [4.78, 5) is 4.46. The van der Waals surface area contributed by atoms with Gasteiger partial charge in [-0.15, -0.1) is 0 Å². The van der Waals surface area contributed by atoms with Gasteiger partial charge in [0.2, 0.25) is 0 Å². The van der Waals surface area contributed by atoms with Gasteiger partial charge in [-0.1, -0.05) is 54.0 Å². The Morgan fingerprint density at radius 3 is 2.25 bits per heavy atom. The zero-order valence-electron chi connectivity index (χ0n) is 15.8. The van der Waals surface area contributed by atoms with Crippen LogP contribution in [-0.4, -0.2) is 4.98 Å². The molecule has 0 fully saturated rings. The highest BCUT2D eigenvalue weighted by molar-refractivity contribution is 9.10. The Morgan fingerprint density at radius 2 is 1.43 bits per heavy atom. The summed E-state index contributed by atoms with van der Waals surface area (Å²) in [5.74, 6) is 0. The average Bonchev–Trinajstić information content (AvgIpc) is 2.93. The third-order valence-electron chi connectivity index (χ3n) is 6.28. The number of rotatable bonds is 1. The molecule has 4 aromatic carbocycles. The molecule has 0 unspecified atom stereocenters. The molecule has 1 aliphatic carbocycles. The maximum Gasteiger partial charge on any atom is 0.0702 e. The first-order valence-corrected chi connectivity index (χ1v) is 10.4. The lowest BCUT2D eigenvalue weighted by Gasteiger charge is -2.23. The maximum atomic E-state index is 4.46. The van der Waals surface area contributed by atoms with Crippen molar-refractivity contribution in [1.29, 1.82) is 0 Å². The molecule has 0 saturated heterocycles. The van der Waals surface area contributed by atoms with Crippen LogP contribution in [0.2, 0.25) is 0 Å². The second kappa shape index (κ2) is 5.42. The topological polar surface area (TPSA) is 12.9 Å². The highest BCUT2D eigenvalue weighted by Gasteiger charge is 2.34. The Kier molecular flexibility index (Phi) is 3.15. The van der Waals surface area contributed by atoms with E-state index in [4.69, 9.17) is 0 Å². The van der Waals surface area contributed by atoms with E-state index in [-0.39, 0.29) is 5.41 Å². The summed E-state index contributed by atoms with van der Waals surface area (Å²) in [6, 6.07) is 24.5. The van der Waals surface area contributed by atoms with E-state index in [0.29, 0.717) is 0 Å². The minimum atomic E-state index is -0.0155. The molecule has 0 saturated carbocycles. The van der Waals surface area contributed by atoms with E-state index in [2.05, 4.69) is 95.4 Å². The summed E-state index contributed by atoms with van der Waals surface area (Å²) < 4.78 is 1.15. The Hall–Kier alpha value is -2.71. The Bertz CT molecular complexity index is 1450. The van der Waals surface area contributed by atoms with Crippen molar-refractivity contribution in [3.05, 3.63) is 88.5 Å². The first-order valence-electron chi connectivity index (χ1n) is 9.58. The minimum absolute atomic E-state index is 0.0155. The van der Waals surface area contributed by atoms with Crippen molar-refractivity contribution < 1.29 is 0 Å². The molecule has 0 spiro atoms. The molecular formula is C26H18BrN. The molecule has 6 rings (SSSR count). The second-order valence-corrected chi connectivity index (χ2v) is 9.19. The number of hydrogen-bond acceptors (Lipinski definition) is 1. The molecular weight excluding hydrogens is 406 g/mol. The molecule has 1 aliphatic rings. The van der Waals surface area contributed by atoms with Gasteiger partial charge < -0.3 is 0 Å². The maximum absolute atomic E-state index is 4.46. The van der Waals surface area contributed by atoms with Crippen LogP contribution >= 0.6 is 15.9 Å². The van der Waals surface area contributed by atoms with Crippen LogP contribution < -0.4 is 0 Å². The van der Waals surface area contributed by atoms with Gasteiger partial charge in [0.25, 0.3) is 0 Å². The number of halogens is 1. The number of nitrogens with zero attached hydrogens (tertiary/aromatic N) is 1. The first kappa shape index (κ1) is 16.3. The summed E-state index contributed by atoms with van der Waals surface area (Å²) in [5, 5.41) is 6.64. The van der Waals surface area contributed by atoms with Gasteiger partial charge in [0.1, 0.15) is 0 Å². The Morgan fingerprint density at radius 1 is 0.714 bits per heavy atom. The lowest BCUT2D eigenvalue weighted by Crippen LogP contribution is -2.15. The lowest BCUT2D eigenvalue weighted by molar-refractivity contribution is 0.662. The molecule has 0 N–H and O–H groups in total. The number of aromatic nitrogens is 1. The predicted molar refractivity (Wildman–Crippen MR) is 122 cm³/mol. The summed E-state index contributed by atoms with van der Waals surface area (Å²) >= 11 is 3.71. The van der Waals surface area contributed by atoms with Crippen molar-refractivity contribution in [2.45, 2.75) is 19.3 Å². The summed E-state index contributed by atoms with van der Waals surface area (Å²) in [6.07, 6.45) is 1.85. The van der Waals surface area contributed by atoms with E-state index in [9.17, 15) is 0 Å². The molecule has 28 heavy (non-hydrogen) atoms. The van der Waals surface area contributed by atoms with Crippen LogP contribution in [-0.2, 0) is 5.41 Å². The number of fused-ring (bicyclic) bond motifs is 1. The van der Waals surface area contributed by atoms with Crippen LogP contribution in [0.25, 0.3) is 43.6 Å². The van der Waals surface area contributed by atoms with Gasteiger partial charge in [-0.05, 0) is 86.3 Å². The summed E-state index contributed by atoms with van der Waals surface area (Å²) in [6.45, 7) is 4.69. The molecule has 1 heterocycles. The van der Waals surface area contributed by atoms with Crippen molar-refractivity contribution in [2.75, 3.05) is 0 Å². The molecule has 0 amide bonds. The molecule has 2 heteroatoms. The van der Waals surface area contributed by atoms with Gasteiger partial charge in [-0.25, -0.2) is 0 Å². The Balaban J connectivity index is 1.68. The molecule has 1 aromatic heterocycles. The molecule has 0 radical (unpaired) electrons. The third kappa shape index (κ3) is 2.10. The van der Waals surface area contributed by atoms with Gasteiger partial charge in [0, 0.05) is 21.5 Å². The SMILES string of the molecule is CC1(C)c2cc(Br)cc3ccc4cc(-c5ccc6ncccc6c5)cc1c4c23. The number of benzene rings is 4. The molecule has 0 aliphatic heterocycles. The standard InChI is InChI=1S/C26H18BrN/c1-26(2)21-13-19(15-7-8-23-16(10-15)4-3-9-28-23)11-17-5-6-18-12-20(27)14-22(26)25(18)24(17)21/h3-14H,1-2H3. The van der Waals surface area contributed by atoms with E-state index >= 15 is 0 Å². The van der Waals surface area contributed by atoms with Crippen molar-refractivity contribution in [3.63, 3.8) is 0 Å². The quantitative estimate of drug-likeness (QED) is 0.252. The van der Waals surface area contributed by atoms with Crippen molar-refractivity contribution in [1.82, 2.24) is 4.98 Å². The monoisotopic (exact) mass is 423 g/mol. The molecule has 0 atom stereocenters. The molecule has 5 aromatic rings. The van der Waals surface area contributed by atoms with Gasteiger partial charge in [0.15, 0.2) is 0 Å². The smallest absolute Gasteiger partial charge is 0.0702 e. The number of pyridine rings is 1. The van der Waals surface area contributed by atoms with E-state index in [0.717, 1.165) is 9.99 Å². The number of hydrogen-bond donors (Lipinski definition) is 0. The normalized spacial score (nSPS) is 14.5. The van der Waals surface area contributed by atoms with E-state index < -0.39 is 0 Å².